The van der Waals surface area contributed by atoms with E-state index in [2.05, 4.69) is 17.4 Å². The van der Waals surface area contributed by atoms with Crippen LogP contribution in [0.5, 0.6) is 5.75 Å². The molecule has 0 bridgehead atoms. The summed E-state index contributed by atoms with van der Waals surface area (Å²) in [5.74, 6) is 1.61. The van der Waals surface area contributed by atoms with Gasteiger partial charge < -0.3 is 19.5 Å². The number of rotatable bonds is 5. The zero-order valence-electron chi connectivity index (χ0n) is 12.0. The van der Waals surface area contributed by atoms with Gasteiger partial charge in [0, 0.05) is 12.6 Å². The third-order valence-corrected chi connectivity index (χ3v) is 4.24. The second-order valence-corrected chi connectivity index (χ2v) is 5.61. The van der Waals surface area contributed by atoms with Crippen LogP contribution >= 0.6 is 0 Å². The van der Waals surface area contributed by atoms with Gasteiger partial charge in [-0.3, -0.25) is 0 Å². The molecule has 1 saturated heterocycles. The zero-order valence-corrected chi connectivity index (χ0v) is 12.0. The van der Waals surface area contributed by atoms with Gasteiger partial charge in [0.1, 0.15) is 5.75 Å². The molecular weight excluding hydrogens is 254 g/mol. The fourth-order valence-electron chi connectivity index (χ4n) is 2.89. The summed E-state index contributed by atoms with van der Waals surface area (Å²) < 4.78 is 16.2. The molecule has 1 N–H and O–H groups in total. The van der Waals surface area contributed by atoms with Gasteiger partial charge in [0.2, 0.25) is 0 Å². The lowest BCUT2D eigenvalue weighted by Crippen LogP contribution is -2.46. The topological polar surface area (TPSA) is 39.7 Å². The van der Waals surface area contributed by atoms with Crippen LogP contribution in [0.1, 0.15) is 24.3 Å². The third-order valence-electron chi connectivity index (χ3n) is 4.24. The lowest BCUT2D eigenvalue weighted by molar-refractivity contribution is -0.0878. The van der Waals surface area contributed by atoms with Crippen molar-refractivity contribution < 1.29 is 14.2 Å². The summed E-state index contributed by atoms with van der Waals surface area (Å²) in [6, 6.07) is 9.06. The summed E-state index contributed by atoms with van der Waals surface area (Å²) in [4.78, 5) is 0. The summed E-state index contributed by atoms with van der Waals surface area (Å²) in [5.41, 5.74) is 1.42. The van der Waals surface area contributed by atoms with Crippen LogP contribution in [0, 0.1) is 0 Å². The van der Waals surface area contributed by atoms with E-state index in [4.69, 9.17) is 14.2 Å². The van der Waals surface area contributed by atoms with E-state index in [1.54, 1.807) is 7.11 Å². The summed E-state index contributed by atoms with van der Waals surface area (Å²) in [6.07, 6.45) is 2.64. The molecule has 1 aromatic rings. The number of hydrogen-bond acceptors (Lipinski definition) is 4. The second kappa shape index (κ2) is 6.57. The summed E-state index contributed by atoms with van der Waals surface area (Å²) in [6.45, 7) is 3.09. The minimum Gasteiger partial charge on any atom is -0.497 e. The van der Waals surface area contributed by atoms with E-state index in [0.29, 0.717) is 12.0 Å². The van der Waals surface area contributed by atoms with Crippen LogP contribution in [0.4, 0.5) is 0 Å². The van der Waals surface area contributed by atoms with Crippen LogP contribution in [-0.4, -0.2) is 45.6 Å². The molecule has 2 aliphatic rings. The quantitative estimate of drug-likeness (QED) is 0.893. The van der Waals surface area contributed by atoms with Crippen molar-refractivity contribution in [2.75, 3.05) is 33.5 Å². The Morgan fingerprint density at radius 2 is 2.00 bits per heavy atom. The van der Waals surface area contributed by atoms with Gasteiger partial charge in [-0.1, -0.05) is 12.1 Å². The van der Waals surface area contributed by atoms with Gasteiger partial charge in [-0.05, 0) is 36.5 Å². The normalized spacial score (nSPS) is 29.8. The Bertz CT molecular complexity index is 408. The lowest BCUT2D eigenvalue weighted by Gasteiger charge is -2.37. The molecular formula is C16H23NO3. The van der Waals surface area contributed by atoms with E-state index in [1.165, 1.54) is 18.4 Å². The summed E-state index contributed by atoms with van der Waals surface area (Å²) >= 11 is 0. The standard InChI is InChI=1S/C16H23NO3/c1-18-15-4-2-12(3-5-15)13-8-14(9-13)17-10-16-11-19-6-7-20-16/h2-5,13-14,16-17H,6-11H2,1H3. The molecule has 0 amide bonds. The highest BCUT2D eigenvalue weighted by molar-refractivity contribution is 5.30. The molecule has 0 aromatic heterocycles. The van der Waals surface area contributed by atoms with E-state index < -0.39 is 0 Å². The summed E-state index contributed by atoms with van der Waals surface area (Å²) in [7, 11) is 1.70. The van der Waals surface area contributed by atoms with Crippen molar-refractivity contribution in [1.29, 1.82) is 0 Å². The van der Waals surface area contributed by atoms with E-state index >= 15 is 0 Å². The van der Waals surface area contributed by atoms with Gasteiger partial charge in [-0.2, -0.15) is 0 Å². The molecule has 2 fully saturated rings. The smallest absolute Gasteiger partial charge is 0.118 e. The SMILES string of the molecule is COc1ccc(C2CC(NCC3COCCO3)C2)cc1. The van der Waals surface area contributed by atoms with Crippen LogP contribution in [-0.2, 0) is 9.47 Å². The van der Waals surface area contributed by atoms with Crippen molar-refractivity contribution in [3.05, 3.63) is 29.8 Å². The van der Waals surface area contributed by atoms with Crippen molar-refractivity contribution in [3.63, 3.8) is 0 Å². The largest absolute Gasteiger partial charge is 0.497 e. The number of nitrogens with one attached hydrogen (secondary N) is 1. The van der Waals surface area contributed by atoms with Crippen molar-refractivity contribution >= 4 is 0 Å². The molecule has 1 aromatic carbocycles. The van der Waals surface area contributed by atoms with E-state index in [0.717, 1.165) is 32.1 Å². The van der Waals surface area contributed by atoms with Crippen LogP contribution in [0.2, 0.25) is 0 Å². The highest BCUT2D eigenvalue weighted by Gasteiger charge is 2.30. The van der Waals surface area contributed by atoms with Crippen LogP contribution in [0.25, 0.3) is 0 Å². The van der Waals surface area contributed by atoms with Crippen molar-refractivity contribution in [2.24, 2.45) is 0 Å². The van der Waals surface area contributed by atoms with Crippen LogP contribution in [0.15, 0.2) is 24.3 Å². The average Bonchev–Trinajstić information content (AvgIpc) is 2.47. The fraction of sp³-hybridized carbons (Fsp3) is 0.625. The zero-order chi connectivity index (χ0) is 13.8. The van der Waals surface area contributed by atoms with Crippen molar-refractivity contribution in [3.8, 4) is 5.75 Å². The van der Waals surface area contributed by atoms with Crippen molar-refractivity contribution in [1.82, 2.24) is 5.32 Å². The molecule has 4 nitrogen and oxygen atoms in total. The minimum absolute atomic E-state index is 0.226. The molecule has 1 heterocycles. The molecule has 1 aliphatic heterocycles. The van der Waals surface area contributed by atoms with Gasteiger partial charge in [0.05, 0.1) is 33.0 Å². The van der Waals surface area contributed by atoms with E-state index in [-0.39, 0.29) is 6.10 Å². The van der Waals surface area contributed by atoms with E-state index in [9.17, 15) is 0 Å². The van der Waals surface area contributed by atoms with Gasteiger partial charge in [0.25, 0.3) is 0 Å². The highest BCUT2D eigenvalue weighted by Crippen LogP contribution is 2.37. The van der Waals surface area contributed by atoms with Gasteiger partial charge >= 0.3 is 0 Å². The van der Waals surface area contributed by atoms with Crippen LogP contribution in [0.3, 0.4) is 0 Å². The first-order valence-corrected chi connectivity index (χ1v) is 7.42. The fourth-order valence-corrected chi connectivity index (χ4v) is 2.89. The monoisotopic (exact) mass is 277 g/mol. The molecule has 0 radical (unpaired) electrons. The second-order valence-electron chi connectivity index (χ2n) is 5.61. The molecule has 3 rings (SSSR count). The average molecular weight is 277 g/mol. The minimum atomic E-state index is 0.226. The molecule has 1 atom stereocenters. The Kier molecular flexibility index (Phi) is 4.55. The Morgan fingerprint density at radius 1 is 1.20 bits per heavy atom. The predicted octanol–water partition coefficient (Wildman–Crippen LogP) is 1.95. The molecule has 110 valence electrons. The van der Waals surface area contributed by atoms with Gasteiger partial charge in [-0.15, -0.1) is 0 Å². The molecule has 1 aliphatic carbocycles. The van der Waals surface area contributed by atoms with Crippen molar-refractivity contribution in [2.45, 2.75) is 30.9 Å². The maximum atomic E-state index is 5.63. The summed E-state index contributed by atoms with van der Waals surface area (Å²) in [5, 5.41) is 3.58. The number of methoxy groups -OCH3 is 1. The molecule has 1 saturated carbocycles. The number of hydrogen-bond donors (Lipinski definition) is 1. The first-order chi connectivity index (χ1) is 9.85. The Balaban J connectivity index is 1.39. The third kappa shape index (κ3) is 3.32. The molecule has 4 heteroatoms. The number of benzene rings is 1. The maximum Gasteiger partial charge on any atom is 0.118 e. The highest BCUT2D eigenvalue weighted by atomic mass is 16.6. The van der Waals surface area contributed by atoms with Crippen LogP contribution < -0.4 is 10.1 Å². The Labute approximate surface area is 120 Å². The lowest BCUT2D eigenvalue weighted by atomic mass is 9.76. The number of ether oxygens (including phenoxy) is 3. The predicted molar refractivity (Wildman–Crippen MR) is 77.3 cm³/mol. The Morgan fingerprint density at radius 3 is 2.65 bits per heavy atom. The Hall–Kier alpha value is -1.10. The molecule has 1 unspecified atom stereocenters. The van der Waals surface area contributed by atoms with E-state index in [1.807, 2.05) is 12.1 Å². The van der Waals surface area contributed by atoms with Gasteiger partial charge in [0.15, 0.2) is 0 Å². The molecule has 0 spiro atoms. The molecule has 20 heavy (non-hydrogen) atoms. The van der Waals surface area contributed by atoms with Gasteiger partial charge in [-0.25, -0.2) is 0 Å². The first kappa shape index (κ1) is 13.9. The maximum absolute atomic E-state index is 5.63. The first-order valence-electron chi connectivity index (χ1n) is 7.42.